The zero-order chi connectivity index (χ0) is 24.3. The molecule has 0 bridgehead atoms. The fourth-order valence-corrected chi connectivity index (χ4v) is 4.04. The van der Waals surface area contributed by atoms with Crippen molar-refractivity contribution in [3.63, 3.8) is 0 Å². The minimum absolute atomic E-state index is 0.0250. The molecule has 2 aromatic rings. The first-order chi connectivity index (χ1) is 15.6. The molecule has 1 heterocycles. The van der Waals surface area contributed by atoms with Crippen molar-refractivity contribution in [2.24, 2.45) is 5.92 Å². The molecule has 11 heteroatoms. The highest BCUT2D eigenvalue weighted by atomic mass is 35.5. The highest BCUT2D eigenvalue weighted by Gasteiger charge is 2.26. The van der Waals surface area contributed by atoms with E-state index in [-0.39, 0.29) is 32.0 Å². The van der Waals surface area contributed by atoms with Crippen molar-refractivity contribution in [1.29, 1.82) is 0 Å². The molecule has 0 spiro atoms. The van der Waals surface area contributed by atoms with E-state index in [1.54, 1.807) is 6.07 Å². The quantitative estimate of drug-likeness (QED) is 0.220. The average molecular weight is 515 g/mol. The predicted molar refractivity (Wildman–Crippen MR) is 129 cm³/mol. The summed E-state index contributed by atoms with van der Waals surface area (Å²) in [5, 5.41) is 14.7. The third kappa shape index (κ3) is 6.07. The Morgan fingerprint density at radius 1 is 1.12 bits per heavy atom. The summed E-state index contributed by atoms with van der Waals surface area (Å²) in [7, 11) is 0. The van der Waals surface area contributed by atoms with Crippen LogP contribution in [-0.2, 0) is 9.53 Å². The van der Waals surface area contributed by atoms with Gasteiger partial charge in [-0.2, -0.15) is 0 Å². The minimum Gasteiger partial charge on any atom is -0.449 e. The zero-order valence-corrected chi connectivity index (χ0v) is 20.2. The Balaban J connectivity index is 1.71. The van der Waals surface area contributed by atoms with Gasteiger partial charge >= 0.3 is 5.97 Å². The highest BCUT2D eigenvalue weighted by Crippen LogP contribution is 2.34. The second-order valence-corrected chi connectivity index (χ2v) is 9.13. The number of halogens is 3. The second kappa shape index (κ2) is 10.6. The lowest BCUT2D eigenvalue weighted by atomic mass is 9.98. The molecule has 33 heavy (non-hydrogen) atoms. The van der Waals surface area contributed by atoms with Gasteiger partial charge < -0.3 is 15.0 Å². The van der Waals surface area contributed by atoms with E-state index in [1.165, 1.54) is 31.2 Å². The lowest BCUT2D eigenvalue weighted by Gasteiger charge is -2.31. The Labute approximate surface area is 205 Å². The van der Waals surface area contributed by atoms with Crippen LogP contribution in [-0.4, -0.2) is 36.0 Å². The molecule has 1 saturated heterocycles. The second-order valence-electron chi connectivity index (χ2n) is 7.91. The number of nitro benzene ring substituents is 1. The van der Waals surface area contributed by atoms with Crippen molar-refractivity contribution < 1.29 is 19.2 Å². The number of nitro groups is 1. The molecule has 8 nitrogen and oxygen atoms in total. The molecule has 0 saturated carbocycles. The van der Waals surface area contributed by atoms with E-state index in [9.17, 15) is 19.7 Å². The van der Waals surface area contributed by atoms with Gasteiger partial charge in [0.1, 0.15) is 5.69 Å². The van der Waals surface area contributed by atoms with Crippen LogP contribution in [0.5, 0.6) is 0 Å². The zero-order valence-electron chi connectivity index (χ0n) is 17.9. The smallest absolute Gasteiger partial charge is 0.339 e. The molecule has 2 aromatic carbocycles. The Kier molecular flexibility index (Phi) is 8.05. The van der Waals surface area contributed by atoms with E-state index >= 15 is 0 Å². The summed E-state index contributed by atoms with van der Waals surface area (Å²) >= 11 is 17.9. The van der Waals surface area contributed by atoms with Crippen LogP contribution in [0.2, 0.25) is 15.1 Å². The number of nitrogens with one attached hydrogen (secondary N) is 1. The number of nitrogens with zero attached hydrogens (tertiary/aromatic N) is 2. The van der Waals surface area contributed by atoms with Gasteiger partial charge in [-0.1, -0.05) is 41.7 Å². The molecular formula is C22H22Cl3N3O5. The molecule has 1 aliphatic rings. The fourth-order valence-electron chi connectivity index (χ4n) is 3.45. The molecule has 1 amide bonds. The van der Waals surface area contributed by atoms with Gasteiger partial charge in [0.2, 0.25) is 0 Å². The summed E-state index contributed by atoms with van der Waals surface area (Å²) in [5.41, 5.74) is 0.458. The molecule has 0 aromatic heterocycles. The molecule has 1 N–H and O–H groups in total. The van der Waals surface area contributed by atoms with Crippen molar-refractivity contribution in [2.75, 3.05) is 23.3 Å². The number of ether oxygens (including phenoxy) is 1. The molecule has 1 unspecified atom stereocenters. The minimum atomic E-state index is -1.20. The number of hydrogen-bond donors (Lipinski definition) is 1. The summed E-state index contributed by atoms with van der Waals surface area (Å²) in [4.78, 5) is 38.1. The van der Waals surface area contributed by atoms with Gasteiger partial charge in [0.05, 0.1) is 31.2 Å². The van der Waals surface area contributed by atoms with Crippen LogP contribution in [0.4, 0.5) is 17.1 Å². The van der Waals surface area contributed by atoms with Crippen molar-refractivity contribution in [3.05, 3.63) is 61.1 Å². The number of hydrogen-bond acceptors (Lipinski definition) is 6. The number of piperidine rings is 1. The van der Waals surface area contributed by atoms with Crippen molar-refractivity contribution in [3.8, 4) is 0 Å². The van der Waals surface area contributed by atoms with Gasteiger partial charge in [-0.15, -0.1) is 0 Å². The third-order valence-corrected chi connectivity index (χ3v) is 6.49. The SMILES string of the molecule is CC1CCN(c2ccc(C(=O)OC(C)C(=O)Nc3cc(Cl)c(Cl)cc3Cl)cc2[N+](=O)[O-])CC1. The van der Waals surface area contributed by atoms with Crippen molar-refractivity contribution in [1.82, 2.24) is 0 Å². The predicted octanol–water partition coefficient (Wildman–Crippen LogP) is 5.98. The van der Waals surface area contributed by atoms with Crippen LogP contribution in [0.15, 0.2) is 30.3 Å². The number of anilines is 2. The van der Waals surface area contributed by atoms with E-state index in [4.69, 9.17) is 39.5 Å². The summed E-state index contributed by atoms with van der Waals surface area (Å²) in [6.45, 7) is 4.94. The van der Waals surface area contributed by atoms with Crippen LogP contribution in [0.1, 0.15) is 37.0 Å². The van der Waals surface area contributed by atoms with Crippen LogP contribution in [0.3, 0.4) is 0 Å². The Bertz CT molecular complexity index is 1090. The molecule has 0 radical (unpaired) electrons. The number of carbonyl (C=O) groups excluding carboxylic acids is 2. The van der Waals surface area contributed by atoms with Crippen LogP contribution < -0.4 is 10.2 Å². The van der Waals surface area contributed by atoms with Crippen molar-refractivity contribution in [2.45, 2.75) is 32.8 Å². The number of amides is 1. The standard InChI is InChI=1S/C22H22Cl3N3O5/c1-12-5-7-27(8-6-12)19-4-3-14(9-20(19)28(31)32)22(30)33-13(2)21(29)26-18-11-16(24)15(23)10-17(18)25/h3-4,9-13H,5-8H2,1-2H3,(H,26,29). The van der Waals surface area contributed by atoms with E-state index in [0.29, 0.717) is 24.7 Å². The van der Waals surface area contributed by atoms with E-state index in [0.717, 1.165) is 12.8 Å². The Hall–Kier alpha value is -2.55. The maximum absolute atomic E-state index is 12.6. The summed E-state index contributed by atoms with van der Waals surface area (Å²) in [6, 6.07) is 6.94. The van der Waals surface area contributed by atoms with Gasteiger partial charge in [-0.05, 0) is 49.9 Å². The summed E-state index contributed by atoms with van der Waals surface area (Å²) in [6.07, 6.45) is 0.678. The number of benzene rings is 2. The molecule has 1 aliphatic heterocycles. The van der Waals surface area contributed by atoms with Gasteiger partial charge in [-0.3, -0.25) is 14.9 Å². The lowest BCUT2D eigenvalue weighted by Crippen LogP contribution is -2.33. The van der Waals surface area contributed by atoms with Crippen molar-refractivity contribution >= 4 is 63.7 Å². The van der Waals surface area contributed by atoms with E-state index in [1.807, 2.05) is 4.90 Å². The van der Waals surface area contributed by atoms with Crippen LogP contribution >= 0.6 is 34.8 Å². The average Bonchev–Trinajstić information content (AvgIpc) is 2.77. The number of rotatable bonds is 6. The number of esters is 1. The maximum atomic E-state index is 12.6. The molecular weight excluding hydrogens is 493 g/mol. The Morgan fingerprint density at radius 2 is 1.76 bits per heavy atom. The lowest BCUT2D eigenvalue weighted by molar-refractivity contribution is -0.384. The van der Waals surface area contributed by atoms with Crippen LogP contribution in [0.25, 0.3) is 0 Å². The fraction of sp³-hybridized carbons (Fsp3) is 0.364. The normalized spacial score (nSPS) is 15.1. The molecule has 176 valence electrons. The summed E-state index contributed by atoms with van der Waals surface area (Å²) < 4.78 is 5.21. The topological polar surface area (TPSA) is 102 Å². The van der Waals surface area contributed by atoms with E-state index < -0.39 is 22.9 Å². The molecule has 1 fully saturated rings. The number of carbonyl (C=O) groups is 2. The summed E-state index contributed by atoms with van der Waals surface area (Å²) in [5.74, 6) is -0.946. The largest absolute Gasteiger partial charge is 0.449 e. The Morgan fingerprint density at radius 3 is 2.39 bits per heavy atom. The third-order valence-electron chi connectivity index (χ3n) is 5.45. The molecule has 3 rings (SSSR count). The first-order valence-corrected chi connectivity index (χ1v) is 11.4. The van der Waals surface area contributed by atoms with Gasteiger partial charge in [0, 0.05) is 19.2 Å². The monoisotopic (exact) mass is 513 g/mol. The molecule has 1 atom stereocenters. The van der Waals surface area contributed by atoms with Gasteiger partial charge in [-0.25, -0.2) is 4.79 Å². The maximum Gasteiger partial charge on any atom is 0.339 e. The first-order valence-electron chi connectivity index (χ1n) is 10.3. The highest BCUT2D eigenvalue weighted by molar-refractivity contribution is 6.44. The van der Waals surface area contributed by atoms with Crippen LogP contribution in [0, 0.1) is 16.0 Å². The van der Waals surface area contributed by atoms with Gasteiger partial charge in [0.15, 0.2) is 6.10 Å². The molecule has 0 aliphatic carbocycles. The van der Waals surface area contributed by atoms with E-state index in [2.05, 4.69) is 12.2 Å². The van der Waals surface area contributed by atoms with Gasteiger partial charge in [0.25, 0.3) is 11.6 Å². The first kappa shape index (κ1) is 25.1.